The fraction of sp³-hybridized carbons (Fsp3) is 0.545. The third kappa shape index (κ3) is 5.22. The number of aryl methyl sites for hydroxylation is 1. The third-order valence-corrected chi connectivity index (χ3v) is 3.02. The molecule has 1 unspecified atom stereocenters. The fourth-order valence-corrected chi connectivity index (χ4v) is 1.88. The first-order valence-electron chi connectivity index (χ1n) is 5.62. The minimum atomic E-state index is -0.989. The van der Waals surface area contributed by atoms with Gasteiger partial charge < -0.3 is 10.4 Å². The summed E-state index contributed by atoms with van der Waals surface area (Å²) in [6.07, 6.45) is 5.96. The average molecular weight is 271 g/mol. The van der Waals surface area contributed by atoms with Crippen LogP contribution in [0.5, 0.6) is 0 Å². The highest BCUT2D eigenvalue weighted by Gasteiger charge is 2.18. The minimum absolute atomic E-state index is 0.227. The molecule has 0 aliphatic rings. The Kier molecular flexibility index (Phi) is 6.27. The van der Waals surface area contributed by atoms with Gasteiger partial charge >= 0.3 is 5.97 Å². The standard InChI is InChI=1S/C11H17N3O3S/c1-18-8-4-9(11(16)17)13-10(15)3-7-14-6-2-5-12-14/h2,5-6,9H,3-4,7-8H2,1H3,(H,13,15)(H,16,17). The Balaban J connectivity index is 2.34. The molecule has 0 spiro atoms. The number of carboxylic acid groups (broad SMARTS) is 1. The maximum Gasteiger partial charge on any atom is 0.326 e. The van der Waals surface area contributed by atoms with Crippen LogP contribution in [-0.2, 0) is 16.1 Å². The molecular weight excluding hydrogens is 254 g/mol. The molecule has 1 amide bonds. The van der Waals surface area contributed by atoms with Crippen LogP contribution in [0.15, 0.2) is 18.5 Å². The van der Waals surface area contributed by atoms with E-state index in [4.69, 9.17) is 5.11 Å². The van der Waals surface area contributed by atoms with Crippen molar-refractivity contribution in [3.63, 3.8) is 0 Å². The number of carbonyl (C=O) groups excluding carboxylic acids is 1. The number of thioether (sulfide) groups is 1. The molecule has 0 fully saturated rings. The average Bonchev–Trinajstić information content (AvgIpc) is 2.84. The van der Waals surface area contributed by atoms with Crippen molar-refractivity contribution in [1.29, 1.82) is 0 Å². The number of hydrogen-bond donors (Lipinski definition) is 2. The lowest BCUT2D eigenvalue weighted by molar-refractivity contribution is -0.141. The largest absolute Gasteiger partial charge is 0.480 e. The maximum atomic E-state index is 11.6. The lowest BCUT2D eigenvalue weighted by Gasteiger charge is -2.13. The van der Waals surface area contributed by atoms with Crippen molar-refractivity contribution in [3.05, 3.63) is 18.5 Å². The Hall–Kier alpha value is -1.50. The Morgan fingerprint density at radius 2 is 2.33 bits per heavy atom. The first-order valence-corrected chi connectivity index (χ1v) is 7.01. The summed E-state index contributed by atoms with van der Waals surface area (Å²) >= 11 is 1.56. The molecule has 18 heavy (non-hydrogen) atoms. The topological polar surface area (TPSA) is 84.2 Å². The molecule has 0 bridgehead atoms. The third-order valence-electron chi connectivity index (χ3n) is 2.37. The van der Waals surface area contributed by atoms with Crippen LogP contribution < -0.4 is 5.32 Å². The second-order valence-electron chi connectivity index (χ2n) is 3.76. The number of aromatic nitrogens is 2. The number of hydrogen-bond acceptors (Lipinski definition) is 4. The monoisotopic (exact) mass is 271 g/mol. The normalized spacial score (nSPS) is 12.1. The van der Waals surface area contributed by atoms with E-state index >= 15 is 0 Å². The van der Waals surface area contributed by atoms with Crippen LogP contribution >= 0.6 is 11.8 Å². The molecule has 100 valence electrons. The lowest BCUT2D eigenvalue weighted by Crippen LogP contribution is -2.41. The number of amides is 1. The first kappa shape index (κ1) is 14.6. The van der Waals surface area contributed by atoms with Crippen LogP contribution in [0.4, 0.5) is 0 Å². The Labute approximate surface area is 110 Å². The summed E-state index contributed by atoms with van der Waals surface area (Å²) in [4.78, 5) is 22.5. The molecule has 0 radical (unpaired) electrons. The van der Waals surface area contributed by atoms with Gasteiger partial charge in [-0.25, -0.2) is 4.79 Å². The minimum Gasteiger partial charge on any atom is -0.480 e. The van der Waals surface area contributed by atoms with Gasteiger partial charge in [-0.2, -0.15) is 16.9 Å². The molecule has 2 N–H and O–H groups in total. The molecule has 0 saturated carbocycles. The fourth-order valence-electron chi connectivity index (χ4n) is 1.41. The number of nitrogens with one attached hydrogen (secondary N) is 1. The lowest BCUT2D eigenvalue weighted by atomic mass is 10.2. The van der Waals surface area contributed by atoms with Gasteiger partial charge in [-0.05, 0) is 24.5 Å². The molecule has 0 saturated heterocycles. The zero-order valence-corrected chi connectivity index (χ0v) is 11.0. The summed E-state index contributed by atoms with van der Waals surface area (Å²) in [6, 6.07) is 0.971. The molecule has 7 heteroatoms. The summed E-state index contributed by atoms with van der Waals surface area (Å²) in [7, 11) is 0. The number of rotatable bonds is 8. The van der Waals surface area contributed by atoms with Crippen LogP contribution in [-0.4, -0.2) is 44.8 Å². The molecule has 1 aromatic rings. The number of carbonyl (C=O) groups is 2. The van der Waals surface area contributed by atoms with Crippen molar-refractivity contribution in [3.8, 4) is 0 Å². The summed E-state index contributed by atoms with van der Waals surface area (Å²) in [5.74, 6) is -0.549. The van der Waals surface area contributed by atoms with Gasteiger partial charge in [0.2, 0.25) is 5.91 Å². The summed E-state index contributed by atoms with van der Waals surface area (Å²) in [5.41, 5.74) is 0. The molecule has 1 heterocycles. The Morgan fingerprint density at radius 1 is 1.56 bits per heavy atom. The van der Waals surface area contributed by atoms with Gasteiger partial charge in [0.05, 0.1) is 0 Å². The van der Waals surface area contributed by atoms with Crippen LogP contribution in [0.2, 0.25) is 0 Å². The van der Waals surface area contributed by atoms with Crippen molar-refractivity contribution < 1.29 is 14.7 Å². The predicted octanol–water partition coefficient (Wildman–Crippen LogP) is 0.596. The van der Waals surface area contributed by atoms with E-state index in [1.807, 2.05) is 6.26 Å². The maximum absolute atomic E-state index is 11.6. The molecule has 6 nitrogen and oxygen atoms in total. The van der Waals surface area contributed by atoms with E-state index in [1.54, 1.807) is 34.9 Å². The molecule has 1 rings (SSSR count). The second kappa shape index (κ2) is 7.75. The van der Waals surface area contributed by atoms with Crippen molar-refractivity contribution in [1.82, 2.24) is 15.1 Å². The summed E-state index contributed by atoms with van der Waals surface area (Å²) in [6.45, 7) is 0.452. The van der Waals surface area contributed by atoms with Gasteiger partial charge in [0, 0.05) is 25.4 Å². The Bertz CT molecular complexity index is 381. The van der Waals surface area contributed by atoms with E-state index in [9.17, 15) is 9.59 Å². The van der Waals surface area contributed by atoms with Gasteiger partial charge in [-0.15, -0.1) is 0 Å². The van der Waals surface area contributed by atoms with E-state index < -0.39 is 12.0 Å². The zero-order valence-electron chi connectivity index (χ0n) is 10.2. The van der Waals surface area contributed by atoms with E-state index in [-0.39, 0.29) is 12.3 Å². The smallest absolute Gasteiger partial charge is 0.326 e. The molecule has 0 aliphatic heterocycles. The first-order chi connectivity index (χ1) is 8.63. The number of carboxylic acids is 1. The Morgan fingerprint density at radius 3 is 2.89 bits per heavy atom. The van der Waals surface area contributed by atoms with E-state index in [1.165, 1.54) is 0 Å². The van der Waals surface area contributed by atoms with Crippen LogP contribution in [0.25, 0.3) is 0 Å². The van der Waals surface area contributed by atoms with Crippen LogP contribution in [0.1, 0.15) is 12.8 Å². The van der Waals surface area contributed by atoms with Crippen molar-refractivity contribution in [2.45, 2.75) is 25.4 Å². The molecule has 1 aromatic heterocycles. The van der Waals surface area contributed by atoms with Crippen molar-refractivity contribution >= 4 is 23.6 Å². The number of aliphatic carboxylic acids is 1. The SMILES string of the molecule is CSCCC(NC(=O)CCn1cccn1)C(=O)O. The van der Waals surface area contributed by atoms with E-state index in [2.05, 4.69) is 10.4 Å². The van der Waals surface area contributed by atoms with Crippen LogP contribution in [0, 0.1) is 0 Å². The summed E-state index contributed by atoms with van der Waals surface area (Å²) < 4.78 is 1.64. The van der Waals surface area contributed by atoms with Gasteiger partial charge in [-0.3, -0.25) is 9.48 Å². The summed E-state index contributed by atoms with van der Waals surface area (Å²) in [5, 5.41) is 15.4. The number of nitrogens with zero attached hydrogens (tertiary/aromatic N) is 2. The van der Waals surface area contributed by atoms with E-state index in [0.29, 0.717) is 18.7 Å². The van der Waals surface area contributed by atoms with E-state index in [0.717, 1.165) is 0 Å². The predicted molar refractivity (Wildman–Crippen MR) is 69.4 cm³/mol. The van der Waals surface area contributed by atoms with Crippen molar-refractivity contribution in [2.75, 3.05) is 12.0 Å². The molecular formula is C11H17N3O3S. The van der Waals surface area contributed by atoms with Gasteiger partial charge in [0.25, 0.3) is 0 Å². The molecule has 0 aromatic carbocycles. The van der Waals surface area contributed by atoms with Gasteiger partial charge in [0.1, 0.15) is 6.04 Å². The highest BCUT2D eigenvalue weighted by Crippen LogP contribution is 2.01. The molecule has 1 atom stereocenters. The highest BCUT2D eigenvalue weighted by atomic mass is 32.2. The van der Waals surface area contributed by atoms with Gasteiger partial charge in [0.15, 0.2) is 0 Å². The highest BCUT2D eigenvalue weighted by molar-refractivity contribution is 7.98. The van der Waals surface area contributed by atoms with Gasteiger partial charge in [-0.1, -0.05) is 0 Å². The van der Waals surface area contributed by atoms with Crippen molar-refractivity contribution in [2.24, 2.45) is 0 Å². The van der Waals surface area contributed by atoms with Crippen LogP contribution in [0.3, 0.4) is 0 Å². The zero-order chi connectivity index (χ0) is 13.4. The second-order valence-corrected chi connectivity index (χ2v) is 4.74. The molecule has 0 aliphatic carbocycles. The quantitative estimate of drug-likeness (QED) is 0.723.